The van der Waals surface area contributed by atoms with Gasteiger partial charge in [0.15, 0.2) is 0 Å². The van der Waals surface area contributed by atoms with E-state index in [0.29, 0.717) is 30.9 Å². The summed E-state index contributed by atoms with van der Waals surface area (Å²) in [5.74, 6) is 0. The molecule has 4 amide bonds. The molecule has 0 aromatic heterocycles. The van der Waals surface area contributed by atoms with E-state index in [-0.39, 0.29) is 12.1 Å². The van der Waals surface area contributed by atoms with Crippen LogP contribution in [0.2, 0.25) is 0 Å². The molecule has 0 aromatic rings. The Labute approximate surface area is 114 Å². The molecule has 0 aromatic carbocycles. The standard InChI is InChI=1S/C13H22N4O2/c1-5-11(6-2)17-13(19)15-9-7-8-14-12(18)16-10(3)4/h5-6H,1,3,7-9H2,2,4H3,(H2,14,16,18)(H2,15,17,19)/b11-6+. The largest absolute Gasteiger partial charge is 0.338 e. The highest BCUT2D eigenvalue weighted by Crippen LogP contribution is 1.88. The number of allylic oxidation sites excluding steroid dienone is 3. The summed E-state index contributed by atoms with van der Waals surface area (Å²) in [5, 5.41) is 10.5. The average molecular weight is 266 g/mol. The van der Waals surface area contributed by atoms with Gasteiger partial charge < -0.3 is 21.3 Å². The van der Waals surface area contributed by atoms with Crippen molar-refractivity contribution in [3.63, 3.8) is 0 Å². The van der Waals surface area contributed by atoms with Gasteiger partial charge in [-0.15, -0.1) is 0 Å². The minimum Gasteiger partial charge on any atom is -0.338 e. The molecule has 0 spiro atoms. The minimum atomic E-state index is -0.292. The maximum Gasteiger partial charge on any atom is 0.319 e. The molecule has 0 atom stereocenters. The van der Waals surface area contributed by atoms with Crippen LogP contribution in [-0.4, -0.2) is 25.2 Å². The molecule has 0 radical (unpaired) electrons. The number of carbonyl (C=O) groups is 2. The van der Waals surface area contributed by atoms with E-state index in [9.17, 15) is 9.59 Å². The second kappa shape index (κ2) is 9.76. The second-order valence-corrected chi connectivity index (χ2v) is 3.84. The highest BCUT2D eigenvalue weighted by Gasteiger charge is 2.01. The molecule has 6 nitrogen and oxygen atoms in total. The first-order valence-corrected chi connectivity index (χ1v) is 6.03. The molecule has 106 valence electrons. The predicted molar refractivity (Wildman–Crippen MR) is 76.5 cm³/mol. The molecule has 0 saturated carbocycles. The van der Waals surface area contributed by atoms with Gasteiger partial charge in [-0.05, 0) is 26.3 Å². The summed E-state index contributed by atoms with van der Waals surface area (Å²) in [6.07, 6.45) is 3.94. The average Bonchev–Trinajstić information content (AvgIpc) is 2.34. The van der Waals surface area contributed by atoms with Crippen molar-refractivity contribution in [2.45, 2.75) is 20.3 Å². The van der Waals surface area contributed by atoms with E-state index in [1.54, 1.807) is 26.0 Å². The van der Waals surface area contributed by atoms with Crippen LogP contribution >= 0.6 is 0 Å². The molecule has 0 unspecified atom stereocenters. The number of nitrogens with one attached hydrogen (secondary N) is 4. The smallest absolute Gasteiger partial charge is 0.319 e. The fraction of sp³-hybridized carbons (Fsp3) is 0.385. The number of urea groups is 2. The lowest BCUT2D eigenvalue weighted by Crippen LogP contribution is -2.38. The van der Waals surface area contributed by atoms with E-state index >= 15 is 0 Å². The lowest BCUT2D eigenvalue weighted by Gasteiger charge is -2.09. The zero-order chi connectivity index (χ0) is 14.7. The van der Waals surface area contributed by atoms with Crippen molar-refractivity contribution in [1.82, 2.24) is 21.3 Å². The lowest BCUT2D eigenvalue weighted by atomic mass is 10.4. The van der Waals surface area contributed by atoms with E-state index in [0.717, 1.165) is 0 Å². The third-order valence-electron chi connectivity index (χ3n) is 2.04. The van der Waals surface area contributed by atoms with Gasteiger partial charge >= 0.3 is 12.1 Å². The summed E-state index contributed by atoms with van der Waals surface area (Å²) in [6, 6.07) is -0.584. The first-order valence-electron chi connectivity index (χ1n) is 6.03. The van der Waals surface area contributed by atoms with Crippen molar-refractivity contribution < 1.29 is 9.59 Å². The van der Waals surface area contributed by atoms with Gasteiger partial charge in [0, 0.05) is 24.5 Å². The minimum absolute atomic E-state index is 0.292. The summed E-state index contributed by atoms with van der Waals surface area (Å²) in [5.41, 5.74) is 1.23. The van der Waals surface area contributed by atoms with Crippen molar-refractivity contribution in [2.24, 2.45) is 0 Å². The van der Waals surface area contributed by atoms with Crippen LogP contribution in [0.5, 0.6) is 0 Å². The Morgan fingerprint density at radius 3 is 2.05 bits per heavy atom. The highest BCUT2D eigenvalue weighted by atomic mass is 16.2. The van der Waals surface area contributed by atoms with Crippen molar-refractivity contribution in [2.75, 3.05) is 13.1 Å². The predicted octanol–water partition coefficient (Wildman–Crippen LogP) is 1.60. The van der Waals surface area contributed by atoms with Crippen LogP contribution < -0.4 is 21.3 Å². The molecular formula is C13H22N4O2. The quantitative estimate of drug-likeness (QED) is 0.417. The van der Waals surface area contributed by atoms with Crippen molar-refractivity contribution in [1.29, 1.82) is 0 Å². The van der Waals surface area contributed by atoms with Crippen molar-refractivity contribution in [3.8, 4) is 0 Å². The third-order valence-corrected chi connectivity index (χ3v) is 2.04. The summed E-state index contributed by atoms with van der Waals surface area (Å²) in [4.78, 5) is 22.6. The van der Waals surface area contributed by atoms with E-state index < -0.39 is 0 Å². The molecule has 0 aliphatic heterocycles. The highest BCUT2D eigenvalue weighted by molar-refractivity contribution is 5.76. The van der Waals surface area contributed by atoms with Gasteiger partial charge in [-0.3, -0.25) is 0 Å². The molecule has 0 bridgehead atoms. The number of rotatable bonds is 7. The number of hydrogen-bond donors (Lipinski definition) is 4. The molecular weight excluding hydrogens is 244 g/mol. The Kier molecular flexibility index (Phi) is 8.61. The topological polar surface area (TPSA) is 82.3 Å². The zero-order valence-corrected chi connectivity index (χ0v) is 11.5. The zero-order valence-electron chi connectivity index (χ0n) is 11.5. The monoisotopic (exact) mass is 266 g/mol. The number of hydrogen-bond acceptors (Lipinski definition) is 2. The fourth-order valence-electron chi connectivity index (χ4n) is 1.15. The molecule has 0 fully saturated rings. The van der Waals surface area contributed by atoms with Crippen LogP contribution in [0.3, 0.4) is 0 Å². The number of amides is 4. The van der Waals surface area contributed by atoms with Gasteiger partial charge in [-0.25, -0.2) is 9.59 Å². The van der Waals surface area contributed by atoms with Crippen LogP contribution in [0, 0.1) is 0 Å². The molecule has 19 heavy (non-hydrogen) atoms. The van der Waals surface area contributed by atoms with E-state index in [2.05, 4.69) is 34.4 Å². The van der Waals surface area contributed by atoms with Crippen LogP contribution in [0.4, 0.5) is 9.59 Å². The van der Waals surface area contributed by atoms with Gasteiger partial charge in [0.25, 0.3) is 0 Å². The van der Waals surface area contributed by atoms with E-state index in [1.165, 1.54) is 0 Å². The van der Waals surface area contributed by atoms with Crippen molar-refractivity contribution in [3.05, 3.63) is 36.7 Å². The Morgan fingerprint density at radius 2 is 1.63 bits per heavy atom. The third kappa shape index (κ3) is 9.46. The summed E-state index contributed by atoms with van der Waals surface area (Å²) >= 11 is 0. The first-order chi connectivity index (χ1) is 8.99. The van der Waals surface area contributed by atoms with Gasteiger partial charge in [0.2, 0.25) is 0 Å². The van der Waals surface area contributed by atoms with Gasteiger partial charge in [0.1, 0.15) is 0 Å². The SMILES string of the molecule is C=C/C(=C\C)NC(=O)NCCCNC(=O)NC(=C)C. The molecule has 6 heteroatoms. The van der Waals surface area contributed by atoms with E-state index in [4.69, 9.17) is 0 Å². The first kappa shape index (κ1) is 16.8. The molecule has 4 N–H and O–H groups in total. The summed E-state index contributed by atoms with van der Waals surface area (Å²) in [6.45, 7) is 11.6. The Bertz CT molecular complexity index is 375. The molecule has 0 aliphatic carbocycles. The Hall–Kier alpha value is -2.24. The van der Waals surface area contributed by atoms with Crippen LogP contribution in [0.25, 0.3) is 0 Å². The summed E-state index contributed by atoms with van der Waals surface area (Å²) < 4.78 is 0. The van der Waals surface area contributed by atoms with Gasteiger partial charge in [-0.2, -0.15) is 0 Å². The van der Waals surface area contributed by atoms with Gasteiger partial charge in [0.05, 0.1) is 0 Å². The van der Waals surface area contributed by atoms with Crippen LogP contribution in [0.15, 0.2) is 36.7 Å². The van der Waals surface area contributed by atoms with Crippen LogP contribution in [-0.2, 0) is 0 Å². The van der Waals surface area contributed by atoms with Crippen LogP contribution in [0.1, 0.15) is 20.3 Å². The second-order valence-electron chi connectivity index (χ2n) is 3.84. The Morgan fingerprint density at radius 1 is 1.11 bits per heavy atom. The molecule has 0 heterocycles. The molecule has 0 saturated heterocycles. The fourth-order valence-corrected chi connectivity index (χ4v) is 1.15. The summed E-state index contributed by atoms with van der Waals surface area (Å²) in [7, 11) is 0. The molecule has 0 aliphatic rings. The van der Waals surface area contributed by atoms with Crippen molar-refractivity contribution >= 4 is 12.1 Å². The van der Waals surface area contributed by atoms with Gasteiger partial charge in [-0.1, -0.05) is 19.2 Å². The normalized spacial score (nSPS) is 10.3. The Balaban J connectivity index is 3.64. The maximum absolute atomic E-state index is 11.4. The van der Waals surface area contributed by atoms with E-state index in [1.807, 2.05) is 0 Å². The number of carbonyl (C=O) groups excluding carboxylic acids is 2. The lowest BCUT2D eigenvalue weighted by molar-refractivity contribution is 0.242. The molecule has 0 rings (SSSR count). The maximum atomic E-state index is 11.4.